The van der Waals surface area contributed by atoms with Crippen molar-refractivity contribution in [2.75, 3.05) is 13.7 Å². The Labute approximate surface area is 114 Å². The maximum Gasteiger partial charge on any atom is 0.326 e. The molecule has 0 aliphatic carbocycles. The largest absolute Gasteiger partial charge is 0.507 e. The van der Waals surface area contributed by atoms with Crippen molar-refractivity contribution >= 4 is 23.5 Å². The molecule has 0 aliphatic rings. The molecule has 7 heteroatoms. The number of hydrogen-bond acceptors (Lipinski definition) is 4. The summed E-state index contributed by atoms with van der Waals surface area (Å²) in [5, 5.41) is 21.1. The molecule has 0 aliphatic heterocycles. The van der Waals surface area contributed by atoms with Crippen LogP contribution in [0, 0.1) is 0 Å². The topological polar surface area (TPSA) is 95.9 Å². The molecule has 1 atom stereocenters. The Kier molecular flexibility index (Phi) is 5.59. The highest BCUT2D eigenvalue weighted by Crippen LogP contribution is 2.21. The average molecular weight is 288 g/mol. The maximum absolute atomic E-state index is 11.9. The number of carboxylic acid groups (broad SMARTS) is 1. The first-order valence-electron chi connectivity index (χ1n) is 5.46. The van der Waals surface area contributed by atoms with Gasteiger partial charge in [-0.3, -0.25) is 4.79 Å². The van der Waals surface area contributed by atoms with Gasteiger partial charge in [-0.05, 0) is 18.2 Å². The summed E-state index contributed by atoms with van der Waals surface area (Å²) in [6.07, 6.45) is 0.124. The van der Waals surface area contributed by atoms with Crippen LogP contribution in [0.15, 0.2) is 18.2 Å². The van der Waals surface area contributed by atoms with E-state index in [0.717, 1.165) is 0 Å². The van der Waals surface area contributed by atoms with Crippen LogP contribution in [-0.2, 0) is 9.53 Å². The van der Waals surface area contributed by atoms with Crippen molar-refractivity contribution in [2.45, 2.75) is 12.5 Å². The third-order valence-corrected chi connectivity index (χ3v) is 2.65. The number of carbonyl (C=O) groups is 2. The van der Waals surface area contributed by atoms with Gasteiger partial charge in [0.2, 0.25) is 0 Å². The molecule has 0 heterocycles. The van der Waals surface area contributed by atoms with Gasteiger partial charge in [-0.15, -0.1) is 0 Å². The van der Waals surface area contributed by atoms with Crippen LogP contribution in [0.1, 0.15) is 16.8 Å². The molecular formula is C12H14ClNO5. The Morgan fingerprint density at radius 3 is 2.74 bits per heavy atom. The van der Waals surface area contributed by atoms with E-state index in [-0.39, 0.29) is 29.4 Å². The van der Waals surface area contributed by atoms with E-state index in [4.69, 9.17) is 21.4 Å². The first-order chi connectivity index (χ1) is 8.95. The van der Waals surface area contributed by atoms with Crippen molar-refractivity contribution < 1.29 is 24.5 Å². The van der Waals surface area contributed by atoms with Gasteiger partial charge in [0.15, 0.2) is 0 Å². The molecule has 1 aromatic carbocycles. The van der Waals surface area contributed by atoms with Crippen molar-refractivity contribution in [2.24, 2.45) is 0 Å². The van der Waals surface area contributed by atoms with Gasteiger partial charge in [-0.2, -0.15) is 0 Å². The first kappa shape index (κ1) is 15.3. The second-order valence-corrected chi connectivity index (χ2v) is 4.24. The molecule has 19 heavy (non-hydrogen) atoms. The molecule has 1 rings (SSSR count). The fraction of sp³-hybridized carbons (Fsp3) is 0.333. The zero-order valence-corrected chi connectivity index (χ0v) is 11.0. The summed E-state index contributed by atoms with van der Waals surface area (Å²) >= 11 is 5.72. The minimum atomic E-state index is -1.17. The van der Waals surface area contributed by atoms with Crippen LogP contribution in [-0.4, -0.2) is 41.8 Å². The van der Waals surface area contributed by atoms with E-state index in [0.29, 0.717) is 0 Å². The van der Waals surface area contributed by atoms with Gasteiger partial charge in [0.25, 0.3) is 5.91 Å². The molecule has 0 aromatic heterocycles. The normalized spacial score (nSPS) is 11.9. The second kappa shape index (κ2) is 6.96. The lowest BCUT2D eigenvalue weighted by atomic mass is 10.1. The number of hydrogen-bond donors (Lipinski definition) is 3. The lowest BCUT2D eigenvalue weighted by Gasteiger charge is -2.14. The third-order valence-electron chi connectivity index (χ3n) is 2.42. The van der Waals surface area contributed by atoms with Crippen LogP contribution >= 0.6 is 11.6 Å². The average Bonchev–Trinajstić information content (AvgIpc) is 2.36. The number of rotatable bonds is 6. The van der Waals surface area contributed by atoms with Crippen molar-refractivity contribution in [3.63, 3.8) is 0 Å². The second-order valence-electron chi connectivity index (χ2n) is 3.81. The SMILES string of the molecule is COCCC(NC(=O)c1cc(Cl)ccc1O)C(=O)O. The fourth-order valence-electron chi connectivity index (χ4n) is 1.42. The highest BCUT2D eigenvalue weighted by atomic mass is 35.5. The van der Waals surface area contributed by atoms with Crippen molar-refractivity contribution in [3.8, 4) is 5.75 Å². The summed E-state index contributed by atoms with van der Waals surface area (Å²) in [5.41, 5.74) is -0.0730. The van der Waals surface area contributed by atoms with Gasteiger partial charge < -0.3 is 20.3 Å². The number of methoxy groups -OCH3 is 1. The lowest BCUT2D eigenvalue weighted by Crippen LogP contribution is -2.41. The molecule has 0 spiro atoms. The Balaban J connectivity index is 2.81. The highest BCUT2D eigenvalue weighted by Gasteiger charge is 2.21. The van der Waals surface area contributed by atoms with Crippen molar-refractivity contribution in [3.05, 3.63) is 28.8 Å². The summed E-state index contributed by atoms with van der Waals surface area (Å²) in [6.45, 7) is 0.193. The van der Waals surface area contributed by atoms with E-state index >= 15 is 0 Å². The molecule has 1 unspecified atom stereocenters. The number of aliphatic carboxylic acids is 1. The molecule has 104 valence electrons. The minimum Gasteiger partial charge on any atom is -0.507 e. The first-order valence-corrected chi connectivity index (χ1v) is 5.84. The molecule has 3 N–H and O–H groups in total. The Morgan fingerprint density at radius 1 is 1.47 bits per heavy atom. The number of ether oxygens (including phenoxy) is 1. The van der Waals surface area contributed by atoms with E-state index in [1.807, 2.05) is 0 Å². The van der Waals surface area contributed by atoms with E-state index in [1.54, 1.807) is 0 Å². The van der Waals surface area contributed by atoms with Crippen LogP contribution in [0.3, 0.4) is 0 Å². The van der Waals surface area contributed by atoms with E-state index in [9.17, 15) is 14.7 Å². The molecule has 6 nitrogen and oxygen atoms in total. The molecular weight excluding hydrogens is 274 g/mol. The van der Waals surface area contributed by atoms with Crippen LogP contribution in [0.25, 0.3) is 0 Å². The number of benzene rings is 1. The van der Waals surface area contributed by atoms with Crippen molar-refractivity contribution in [1.82, 2.24) is 5.32 Å². The minimum absolute atomic E-state index is 0.0730. The van der Waals surface area contributed by atoms with Gasteiger partial charge in [0.05, 0.1) is 5.56 Å². The number of nitrogens with one attached hydrogen (secondary N) is 1. The zero-order valence-electron chi connectivity index (χ0n) is 10.2. The van der Waals surface area contributed by atoms with Crippen molar-refractivity contribution in [1.29, 1.82) is 0 Å². The molecule has 1 amide bonds. The monoisotopic (exact) mass is 287 g/mol. The van der Waals surface area contributed by atoms with Crippen LogP contribution in [0.5, 0.6) is 5.75 Å². The zero-order chi connectivity index (χ0) is 14.4. The summed E-state index contributed by atoms with van der Waals surface area (Å²) in [4.78, 5) is 22.8. The number of halogens is 1. The molecule has 1 aromatic rings. The molecule has 0 saturated carbocycles. The van der Waals surface area contributed by atoms with Gasteiger partial charge in [0, 0.05) is 25.2 Å². The third kappa shape index (κ3) is 4.42. The van der Waals surface area contributed by atoms with E-state index < -0.39 is 17.9 Å². The predicted octanol–water partition coefficient (Wildman–Crippen LogP) is 1.27. The summed E-state index contributed by atoms with van der Waals surface area (Å²) in [5.74, 6) is -2.15. The molecule has 0 saturated heterocycles. The molecule has 0 radical (unpaired) electrons. The van der Waals surface area contributed by atoms with Crippen LogP contribution in [0.2, 0.25) is 5.02 Å². The number of amides is 1. The van der Waals surface area contributed by atoms with Gasteiger partial charge >= 0.3 is 5.97 Å². The van der Waals surface area contributed by atoms with Crippen LogP contribution < -0.4 is 5.32 Å². The van der Waals surface area contributed by atoms with Gasteiger partial charge in [0.1, 0.15) is 11.8 Å². The lowest BCUT2D eigenvalue weighted by molar-refractivity contribution is -0.139. The number of phenols is 1. The quantitative estimate of drug-likeness (QED) is 0.732. The number of carboxylic acids is 1. The summed E-state index contributed by atoms with van der Waals surface area (Å²) in [6, 6.07) is 2.86. The molecule has 0 bridgehead atoms. The number of carbonyl (C=O) groups excluding carboxylic acids is 1. The Morgan fingerprint density at radius 2 is 2.16 bits per heavy atom. The van der Waals surface area contributed by atoms with E-state index in [2.05, 4.69) is 5.32 Å². The maximum atomic E-state index is 11.9. The predicted molar refractivity (Wildman–Crippen MR) is 68.5 cm³/mol. The summed E-state index contributed by atoms with van der Waals surface area (Å²) in [7, 11) is 1.43. The number of phenolic OH excluding ortho intramolecular Hbond substituents is 1. The van der Waals surface area contributed by atoms with Gasteiger partial charge in [-0.25, -0.2) is 4.79 Å². The smallest absolute Gasteiger partial charge is 0.326 e. The number of aromatic hydroxyl groups is 1. The summed E-state index contributed by atoms with van der Waals surface area (Å²) < 4.78 is 4.77. The fourth-order valence-corrected chi connectivity index (χ4v) is 1.59. The molecule has 0 fully saturated rings. The van der Waals surface area contributed by atoms with E-state index in [1.165, 1.54) is 25.3 Å². The van der Waals surface area contributed by atoms with Gasteiger partial charge in [-0.1, -0.05) is 11.6 Å². The Hall–Kier alpha value is -1.79. The Bertz CT molecular complexity index is 477. The highest BCUT2D eigenvalue weighted by molar-refractivity contribution is 6.31. The van der Waals surface area contributed by atoms with Crippen LogP contribution in [0.4, 0.5) is 0 Å². The standard InChI is InChI=1S/C12H14ClNO5/c1-19-5-4-9(12(17)18)14-11(16)8-6-7(13)2-3-10(8)15/h2-3,6,9,15H,4-5H2,1H3,(H,14,16)(H,17,18).